The average molecular weight is 272 g/mol. The van der Waals surface area contributed by atoms with Gasteiger partial charge in [0.25, 0.3) is 0 Å². The molecule has 6 heteroatoms. The maximum atomic E-state index is 13.9. The van der Waals surface area contributed by atoms with Gasteiger partial charge in [-0.25, -0.2) is 14.4 Å². The number of ether oxygens (including phenoxy) is 1. The van der Waals surface area contributed by atoms with Gasteiger partial charge in [-0.2, -0.15) is 0 Å². The summed E-state index contributed by atoms with van der Waals surface area (Å²) in [4.78, 5) is 8.33. The third-order valence-electron chi connectivity index (χ3n) is 3.14. The zero-order valence-corrected chi connectivity index (χ0v) is 11.1. The highest BCUT2D eigenvalue weighted by molar-refractivity contribution is 5.80. The third-order valence-corrected chi connectivity index (χ3v) is 3.14. The topological polar surface area (TPSA) is 66.0 Å². The number of pyridine rings is 1. The summed E-state index contributed by atoms with van der Waals surface area (Å²) in [5.41, 5.74) is 8.23. The van der Waals surface area contributed by atoms with Gasteiger partial charge in [-0.15, -0.1) is 0 Å². The van der Waals surface area contributed by atoms with Gasteiger partial charge in [0.2, 0.25) is 5.88 Å². The molecule has 102 valence electrons. The van der Waals surface area contributed by atoms with E-state index in [2.05, 4.69) is 9.97 Å². The molecule has 0 atom stereocenters. The van der Waals surface area contributed by atoms with Crippen LogP contribution in [-0.2, 0) is 7.05 Å². The van der Waals surface area contributed by atoms with Crippen molar-refractivity contribution in [3.63, 3.8) is 0 Å². The van der Waals surface area contributed by atoms with Crippen LogP contribution in [0.4, 0.5) is 10.1 Å². The Morgan fingerprint density at radius 2 is 2.10 bits per heavy atom. The fourth-order valence-electron chi connectivity index (χ4n) is 1.97. The first-order chi connectivity index (χ1) is 9.56. The number of benzene rings is 1. The van der Waals surface area contributed by atoms with Gasteiger partial charge >= 0.3 is 0 Å². The van der Waals surface area contributed by atoms with E-state index in [1.54, 1.807) is 25.5 Å². The molecule has 1 aromatic carbocycles. The summed E-state index contributed by atoms with van der Waals surface area (Å²) in [6.45, 7) is 1.79. The number of fused-ring (bicyclic) bond motifs is 1. The minimum atomic E-state index is -0.525. The number of hydrogen-bond acceptors (Lipinski definition) is 4. The van der Waals surface area contributed by atoms with Gasteiger partial charge in [-0.3, -0.25) is 0 Å². The molecule has 0 spiro atoms. The van der Waals surface area contributed by atoms with Crippen molar-refractivity contribution in [1.29, 1.82) is 0 Å². The number of anilines is 1. The Bertz CT molecular complexity index is 797. The number of hydrogen-bond donors (Lipinski definition) is 1. The maximum Gasteiger partial charge on any atom is 0.247 e. The molecule has 0 aliphatic carbocycles. The molecule has 20 heavy (non-hydrogen) atoms. The van der Waals surface area contributed by atoms with Crippen molar-refractivity contribution in [2.45, 2.75) is 6.92 Å². The third kappa shape index (κ3) is 1.95. The van der Waals surface area contributed by atoms with E-state index >= 15 is 0 Å². The Morgan fingerprint density at radius 3 is 2.90 bits per heavy atom. The fourth-order valence-corrected chi connectivity index (χ4v) is 1.97. The highest BCUT2D eigenvalue weighted by Gasteiger charge is 2.13. The van der Waals surface area contributed by atoms with E-state index in [1.165, 1.54) is 6.07 Å². The van der Waals surface area contributed by atoms with E-state index in [0.29, 0.717) is 11.2 Å². The van der Waals surface area contributed by atoms with Crippen molar-refractivity contribution in [1.82, 2.24) is 14.5 Å². The lowest BCUT2D eigenvalue weighted by Crippen LogP contribution is -1.96. The first-order valence-electron chi connectivity index (χ1n) is 6.06. The summed E-state index contributed by atoms with van der Waals surface area (Å²) >= 11 is 0. The van der Waals surface area contributed by atoms with Crippen LogP contribution < -0.4 is 10.5 Å². The lowest BCUT2D eigenvalue weighted by molar-refractivity contribution is 0.431. The lowest BCUT2D eigenvalue weighted by atomic mass is 10.2. The molecule has 0 bridgehead atoms. The minimum absolute atomic E-state index is 0.0855. The van der Waals surface area contributed by atoms with Gasteiger partial charge in [-0.05, 0) is 24.6 Å². The maximum absolute atomic E-state index is 13.9. The van der Waals surface area contributed by atoms with E-state index in [1.807, 2.05) is 17.7 Å². The Morgan fingerprint density at radius 1 is 1.30 bits per heavy atom. The molecule has 0 unspecified atom stereocenters. The zero-order chi connectivity index (χ0) is 14.3. The highest BCUT2D eigenvalue weighted by atomic mass is 19.1. The van der Waals surface area contributed by atoms with Crippen LogP contribution in [0.3, 0.4) is 0 Å². The van der Waals surface area contributed by atoms with Gasteiger partial charge in [0.05, 0.1) is 11.8 Å². The van der Waals surface area contributed by atoms with Gasteiger partial charge in [-0.1, -0.05) is 0 Å². The van der Waals surface area contributed by atoms with Gasteiger partial charge < -0.3 is 15.0 Å². The van der Waals surface area contributed by atoms with Gasteiger partial charge in [0.1, 0.15) is 0 Å². The number of nitrogen functional groups attached to an aromatic ring is 1. The smallest absolute Gasteiger partial charge is 0.247 e. The Labute approximate surface area is 114 Å². The molecule has 0 amide bonds. The van der Waals surface area contributed by atoms with Crippen LogP contribution in [0.5, 0.6) is 11.6 Å². The molecular formula is C14H13FN4O. The van der Waals surface area contributed by atoms with Crippen LogP contribution in [-0.4, -0.2) is 14.5 Å². The SMILES string of the molecule is Cc1cc(Oc2nccc3c2ncn3C)c(F)cc1N. The molecule has 2 aromatic heterocycles. The minimum Gasteiger partial charge on any atom is -0.434 e. The molecule has 5 nitrogen and oxygen atoms in total. The molecule has 3 rings (SSSR count). The number of imidazole rings is 1. The second kappa shape index (κ2) is 4.48. The van der Waals surface area contributed by atoms with Gasteiger partial charge in [0, 0.05) is 25.0 Å². The second-order valence-corrected chi connectivity index (χ2v) is 4.58. The normalized spacial score (nSPS) is 10.9. The number of aromatic nitrogens is 3. The van der Waals surface area contributed by atoms with Crippen molar-refractivity contribution in [2.75, 3.05) is 5.73 Å². The monoisotopic (exact) mass is 272 g/mol. The van der Waals surface area contributed by atoms with E-state index in [9.17, 15) is 4.39 Å². The van der Waals surface area contributed by atoms with Crippen molar-refractivity contribution in [3.8, 4) is 11.6 Å². The number of halogens is 1. The predicted octanol–water partition coefficient (Wildman–Crippen LogP) is 2.79. The first kappa shape index (κ1) is 12.4. The van der Waals surface area contributed by atoms with Crippen LogP contribution in [0.15, 0.2) is 30.7 Å². The first-order valence-corrected chi connectivity index (χ1v) is 6.06. The molecule has 2 heterocycles. The molecule has 0 saturated carbocycles. The van der Waals surface area contributed by atoms with Crippen molar-refractivity contribution in [3.05, 3.63) is 42.1 Å². The lowest BCUT2D eigenvalue weighted by Gasteiger charge is -2.09. The van der Waals surface area contributed by atoms with Crippen LogP contribution in [0.25, 0.3) is 11.0 Å². The summed E-state index contributed by atoms with van der Waals surface area (Å²) < 4.78 is 21.3. The molecule has 0 aliphatic rings. The summed E-state index contributed by atoms with van der Waals surface area (Å²) in [6.07, 6.45) is 3.26. The summed E-state index contributed by atoms with van der Waals surface area (Å²) in [5, 5.41) is 0. The molecule has 0 fully saturated rings. The van der Waals surface area contributed by atoms with E-state index in [4.69, 9.17) is 10.5 Å². The van der Waals surface area contributed by atoms with Gasteiger partial charge in [0.15, 0.2) is 17.1 Å². The number of nitrogens with two attached hydrogens (primary N) is 1. The number of nitrogens with zero attached hydrogens (tertiary/aromatic N) is 3. The van der Waals surface area contributed by atoms with Crippen molar-refractivity contribution in [2.24, 2.45) is 7.05 Å². The Kier molecular flexibility index (Phi) is 2.78. The predicted molar refractivity (Wildman–Crippen MR) is 74.1 cm³/mol. The standard InChI is InChI=1S/C14H13FN4O/c1-8-5-12(9(15)6-10(8)16)20-14-13-11(3-4-17-14)19(2)7-18-13/h3-7H,16H2,1-2H3. The molecule has 0 aliphatic heterocycles. The van der Waals surface area contributed by atoms with E-state index in [0.717, 1.165) is 11.1 Å². The van der Waals surface area contributed by atoms with E-state index < -0.39 is 5.82 Å². The van der Waals surface area contributed by atoms with Crippen LogP contribution >= 0.6 is 0 Å². The molecule has 2 N–H and O–H groups in total. The summed E-state index contributed by atoms with van der Waals surface area (Å²) in [5.74, 6) is -0.170. The number of rotatable bonds is 2. The zero-order valence-electron chi connectivity index (χ0n) is 11.1. The fraction of sp³-hybridized carbons (Fsp3) is 0.143. The average Bonchev–Trinajstić information content (AvgIpc) is 2.79. The number of aryl methyl sites for hydroxylation is 2. The van der Waals surface area contributed by atoms with Crippen LogP contribution in [0.1, 0.15) is 5.56 Å². The second-order valence-electron chi connectivity index (χ2n) is 4.58. The summed E-state index contributed by atoms with van der Waals surface area (Å²) in [6, 6.07) is 4.61. The van der Waals surface area contributed by atoms with Crippen LogP contribution in [0.2, 0.25) is 0 Å². The molecule has 0 radical (unpaired) electrons. The molecular weight excluding hydrogens is 259 g/mol. The molecule has 3 aromatic rings. The van der Waals surface area contributed by atoms with Crippen molar-refractivity contribution >= 4 is 16.7 Å². The quantitative estimate of drug-likeness (QED) is 0.728. The Balaban J connectivity index is 2.08. The van der Waals surface area contributed by atoms with E-state index in [-0.39, 0.29) is 11.6 Å². The van der Waals surface area contributed by atoms with Crippen LogP contribution in [0, 0.1) is 12.7 Å². The Hall–Kier alpha value is -2.63. The largest absolute Gasteiger partial charge is 0.434 e. The summed E-state index contributed by atoms with van der Waals surface area (Å²) in [7, 11) is 1.87. The molecule has 0 saturated heterocycles. The van der Waals surface area contributed by atoms with Crippen molar-refractivity contribution < 1.29 is 9.13 Å². The highest BCUT2D eigenvalue weighted by Crippen LogP contribution is 2.30.